The molecule has 0 bridgehead atoms. The third-order valence-corrected chi connectivity index (χ3v) is 6.91. The SMILES string of the molecule is CC(C)c1c(C(=O)Nc2ccc(S(=O)(=O)NC3=NCCCCC3)cc2)cnn1-c1ccccn1. The highest BCUT2D eigenvalue weighted by Gasteiger charge is 2.22. The van der Waals surface area contributed by atoms with Crippen molar-refractivity contribution in [3.8, 4) is 5.82 Å². The molecule has 0 radical (unpaired) electrons. The van der Waals surface area contributed by atoms with Gasteiger partial charge in [-0.25, -0.2) is 18.1 Å². The second kappa shape index (κ2) is 10.2. The molecular weight excluding hydrogens is 452 g/mol. The molecule has 178 valence electrons. The Labute approximate surface area is 199 Å². The predicted molar refractivity (Wildman–Crippen MR) is 131 cm³/mol. The summed E-state index contributed by atoms with van der Waals surface area (Å²) in [5, 5.41) is 7.21. The lowest BCUT2D eigenvalue weighted by Crippen LogP contribution is -2.30. The van der Waals surface area contributed by atoms with E-state index in [1.807, 2.05) is 32.0 Å². The van der Waals surface area contributed by atoms with E-state index in [0.717, 1.165) is 25.0 Å². The van der Waals surface area contributed by atoms with Crippen molar-refractivity contribution < 1.29 is 13.2 Å². The summed E-state index contributed by atoms with van der Waals surface area (Å²) in [6.45, 7) is 4.61. The fraction of sp³-hybridized carbons (Fsp3) is 0.333. The lowest BCUT2D eigenvalue weighted by molar-refractivity contribution is 0.102. The van der Waals surface area contributed by atoms with Crippen LogP contribution in [0.1, 0.15) is 61.5 Å². The van der Waals surface area contributed by atoms with E-state index in [1.54, 1.807) is 23.0 Å². The number of aliphatic imine (C=N–C) groups is 1. The molecule has 0 aliphatic carbocycles. The zero-order valence-electron chi connectivity index (χ0n) is 19.2. The number of aromatic nitrogens is 3. The third kappa shape index (κ3) is 5.33. The van der Waals surface area contributed by atoms with Crippen LogP contribution in [0.25, 0.3) is 5.82 Å². The zero-order valence-corrected chi connectivity index (χ0v) is 20.0. The minimum Gasteiger partial charge on any atom is -0.322 e. The molecule has 0 saturated carbocycles. The molecule has 9 nitrogen and oxygen atoms in total. The van der Waals surface area contributed by atoms with Crippen LogP contribution in [0.4, 0.5) is 5.69 Å². The molecular formula is C24H28N6O3S. The van der Waals surface area contributed by atoms with Crippen molar-refractivity contribution in [3.05, 3.63) is 66.1 Å². The molecule has 34 heavy (non-hydrogen) atoms. The molecule has 0 atom stereocenters. The first kappa shape index (κ1) is 23.6. The molecule has 1 aliphatic heterocycles. The van der Waals surface area contributed by atoms with Gasteiger partial charge in [0.2, 0.25) is 0 Å². The molecule has 1 aliphatic rings. The van der Waals surface area contributed by atoms with Crippen molar-refractivity contribution in [2.45, 2.75) is 50.3 Å². The van der Waals surface area contributed by atoms with E-state index < -0.39 is 10.0 Å². The third-order valence-electron chi connectivity index (χ3n) is 5.51. The first-order valence-electron chi connectivity index (χ1n) is 11.3. The number of hydrogen-bond acceptors (Lipinski definition) is 6. The van der Waals surface area contributed by atoms with Gasteiger partial charge in [0, 0.05) is 24.8 Å². The van der Waals surface area contributed by atoms with Crippen molar-refractivity contribution in [1.29, 1.82) is 0 Å². The number of anilines is 1. The fourth-order valence-electron chi connectivity index (χ4n) is 3.84. The summed E-state index contributed by atoms with van der Waals surface area (Å²) in [5.74, 6) is 0.828. The van der Waals surface area contributed by atoms with Gasteiger partial charge in [0.25, 0.3) is 15.9 Å². The van der Waals surface area contributed by atoms with Crippen LogP contribution < -0.4 is 10.0 Å². The van der Waals surface area contributed by atoms with E-state index in [2.05, 4.69) is 25.1 Å². The highest BCUT2D eigenvalue weighted by Crippen LogP contribution is 2.24. The summed E-state index contributed by atoms with van der Waals surface area (Å²) in [5.41, 5.74) is 1.66. The van der Waals surface area contributed by atoms with Gasteiger partial charge in [-0.05, 0) is 55.2 Å². The molecule has 0 saturated heterocycles. The Morgan fingerprint density at radius 3 is 2.56 bits per heavy atom. The second-order valence-corrected chi connectivity index (χ2v) is 10.1. The van der Waals surface area contributed by atoms with E-state index in [-0.39, 0.29) is 16.7 Å². The number of nitrogens with zero attached hydrogens (tertiary/aromatic N) is 4. The van der Waals surface area contributed by atoms with E-state index in [9.17, 15) is 13.2 Å². The first-order valence-corrected chi connectivity index (χ1v) is 12.8. The Balaban J connectivity index is 1.50. The first-order chi connectivity index (χ1) is 16.3. The van der Waals surface area contributed by atoms with Crippen LogP contribution in [0.15, 0.2) is 64.7 Å². The molecule has 1 aromatic carbocycles. The maximum Gasteiger partial charge on any atom is 0.262 e. The number of amides is 1. The summed E-state index contributed by atoms with van der Waals surface area (Å²) in [6, 6.07) is 11.6. The molecule has 0 spiro atoms. The minimum absolute atomic E-state index is 0.0238. The lowest BCUT2D eigenvalue weighted by Gasteiger charge is -2.13. The van der Waals surface area contributed by atoms with E-state index in [1.165, 1.54) is 18.3 Å². The zero-order chi connectivity index (χ0) is 24.1. The number of hydrogen-bond donors (Lipinski definition) is 2. The van der Waals surface area contributed by atoms with Crippen molar-refractivity contribution in [2.24, 2.45) is 4.99 Å². The smallest absolute Gasteiger partial charge is 0.262 e. The Hall–Kier alpha value is -3.53. The van der Waals surface area contributed by atoms with Crippen LogP contribution in [0, 0.1) is 0 Å². The number of rotatable bonds is 6. The van der Waals surface area contributed by atoms with Gasteiger partial charge < -0.3 is 5.32 Å². The topological polar surface area (TPSA) is 118 Å². The van der Waals surface area contributed by atoms with Crippen molar-refractivity contribution in [3.63, 3.8) is 0 Å². The van der Waals surface area contributed by atoms with Gasteiger partial charge in [-0.15, -0.1) is 0 Å². The van der Waals surface area contributed by atoms with Crippen LogP contribution in [-0.2, 0) is 10.0 Å². The number of carbonyl (C=O) groups is 1. The molecule has 0 unspecified atom stereocenters. The van der Waals surface area contributed by atoms with E-state index in [4.69, 9.17) is 0 Å². The lowest BCUT2D eigenvalue weighted by atomic mass is 10.1. The van der Waals surface area contributed by atoms with E-state index >= 15 is 0 Å². The van der Waals surface area contributed by atoms with E-state index in [0.29, 0.717) is 35.9 Å². The second-order valence-electron chi connectivity index (χ2n) is 8.42. The number of amidine groups is 1. The standard InChI is InChI=1S/C24H28N6O3S/c1-17(2)23-20(16-27-30(23)22-9-5-7-15-26-22)24(31)28-18-10-12-19(13-11-18)34(32,33)29-21-8-4-3-6-14-25-21/h5,7,9-13,15-17H,3-4,6,8,14H2,1-2H3,(H,25,29)(H,28,31). The van der Waals surface area contributed by atoms with Crippen LogP contribution in [0.5, 0.6) is 0 Å². The van der Waals surface area contributed by atoms with Crippen LogP contribution in [0.2, 0.25) is 0 Å². The molecule has 3 heterocycles. The average Bonchev–Trinajstić information content (AvgIpc) is 3.13. The van der Waals surface area contributed by atoms with Crippen molar-refractivity contribution >= 4 is 27.5 Å². The fourth-order valence-corrected chi connectivity index (χ4v) is 4.93. The van der Waals surface area contributed by atoms with Crippen LogP contribution in [-0.4, -0.2) is 41.5 Å². The molecule has 0 fully saturated rings. The Morgan fingerprint density at radius 2 is 1.85 bits per heavy atom. The van der Waals surface area contributed by atoms with Crippen LogP contribution >= 0.6 is 0 Å². The summed E-state index contributed by atoms with van der Waals surface area (Å²) in [7, 11) is -3.73. The normalized spacial score (nSPS) is 14.4. The van der Waals surface area contributed by atoms with Crippen molar-refractivity contribution in [1.82, 2.24) is 19.5 Å². The average molecular weight is 481 g/mol. The van der Waals surface area contributed by atoms with Gasteiger partial charge in [0.1, 0.15) is 5.84 Å². The van der Waals surface area contributed by atoms with Crippen LogP contribution in [0.3, 0.4) is 0 Å². The molecule has 1 amide bonds. The highest BCUT2D eigenvalue weighted by atomic mass is 32.2. The number of carbonyl (C=O) groups excluding carboxylic acids is 1. The van der Waals surface area contributed by atoms with Gasteiger partial charge in [0.15, 0.2) is 5.82 Å². The molecule has 3 aromatic rings. The quantitative estimate of drug-likeness (QED) is 0.555. The summed E-state index contributed by atoms with van der Waals surface area (Å²) in [6.07, 6.45) is 6.75. The van der Waals surface area contributed by atoms with Gasteiger partial charge in [-0.1, -0.05) is 26.3 Å². The summed E-state index contributed by atoms with van der Waals surface area (Å²) in [4.78, 5) is 21.8. The number of pyridine rings is 1. The van der Waals surface area contributed by atoms with Gasteiger partial charge in [-0.3, -0.25) is 14.5 Å². The number of sulfonamides is 1. The molecule has 2 aromatic heterocycles. The summed E-state index contributed by atoms with van der Waals surface area (Å²) >= 11 is 0. The summed E-state index contributed by atoms with van der Waals surface area (Å²) < 4.78 is 29.7. The van der Waals surface area contributed by atoms with Crippen molar-refractivity contribution in [2.75, 3.05) is 11.9 Å². The molecule has 2 N–H and O–H groups in total. The Morgan fingerprint density at radius 1 is 1.06 bits per heavy atom. The largest absolute Gasteiger partial charge is 0.322 e. The van der Waals surface area contributed by atoms with Gasteiger partial charge in [-0.2, -0.15) is 5.10 Å². The van der Waals surface area contributed by atoms with Gasteiger partial charge >= 0.3 is 0 Å². The molecule has 10 heteroatoms. The minimum atomic E-state index is -3.73. The van der Waals surface area contributed by atoms with Gasteiger partial charge in [0.05, 0.1) is 22.3 Å². The monoisotopic (exact) mass is 480 g/mol. The predicted octanol–water partition coefficient (Wildman–Crippen LogP) is 3.89. The maximum atomic E-state index is 13.0. The number of benzene rings is 1. The Kier molecular flexibility index (Phi) is 7.06. The highest BCUT2D eigenvalue weighted by molar-refractivity contribution is 7.90. The maximum absolute atomic E-state index is 13.0. The Bertz CT molecular complexity index is 1280. The molecule has 4 rings (SSSR count). The number of nitrogens with one attached hydrogen (secondary N) is 2.